The normalized spacial score (nSPS) is 22.2. The van der Waals surface area contributed by atoms with Gasteiger partial charge in [0.1, 0.15) is 5.82 Å². The number of fused-ring (bicyclic) bond motifs is 1. The molecule has 2 aromatic rings. The number of nitrogens with zero attached hydrogens (tertiary/aromatic N) is 5. The average Bonchev–Trinajstić information content (AvgIpc) is 3.09. The summed E-state index contributed by atoms with van der Waals surface area (Å²) in [6, 6.07) is 8.55. The molecule has 0 radical (unpaired) electrons. The van der Waals surface area contributed by atoms with E-state index in [1.54, 1.807) is 0 Å². The fourth-order valence-electron chi connectivity index (χ4n) is 4.11. The molecule has 2 aliphatic rings. The maximum atomic E-state index is 6.20. The molecule has 0 aliphatic carbocycles. The van der Waals surface area contributed by atoms with Crippen molar-refractivity contribution in [3.8, 4) is 11.8 Å². The summed E-state index contributed by atoms with van der Waals surface area (Å²) in [7, 11) is 0. The molecule has 1 unspecified atom stereocenters. The minimum Gasteiger partial charge on any atom is -0.341 e. The standard InChI is InChI=1S/C22H28N6/c1-3-4-11-28-15-18(25-22(28)27-12-7-8-17(23)14-27)13-21-24-16(2)19-9-5-6-10-20(19)26-21/h5-6,9-10,17-18H,7-8,11-15,23H2,1-2H3/t17-,18?/m1/s1. The summed E-state index contributed by atoms with van der Waals surface area (Å²) >= 11 is 0. The van der Waals surface area contributed by atoms with Crippen molar-refractivity contribution >= 4 is 16.9 Å². The van der Waals surface area contributed by atoms with Crippen LogP contribution in [0.5, 0.6) is 0 Å². The highest BCUT2D eigenvalue weighted by Crippen LogP contribution is 2.20. The summed E-state index contributed by atoms with van der Waals surface area (Å²) in [6.07, 6.45) is 2.95. The lowest BCUT2D eigenvalue weighted by atomic mass is 10.1. The molecule has 1 aromatic heterocycles. The highest BCUT2D eigenvalue weighted by atomic mass is 15.4. The van der Waals surface area contributed by atoms with Crippen LogP contribution >= 0.6 is 0 Å². The van der Waals surface area contributed by atoms with Crippen LogP contribution in [0.4, 0.5) is 0 Å². The molecule has 0 bridgehead atoms. The third-order valence-electron chi connectivity index (χ3n) is 5.46. The topological polar surface area (TPSA) is 70.6 Å². The Morgan fingerprint density at radius 2 is 2.07 bits per heavy atom. The first kappa shape index (κ1) is 18.7. The molecule has 146 valence electrons. The first-order chi connectivity index (χ1) is 13.6. The van der Waals surface area contributed by atoms with E-state index >= 15 is 0 Å². The maximum absolute atomic E-state index is 6.20. The van der Waals surface area contributed by atoms with Crippen molar-refractivity contribution in [2.45, 2.75) is 45.2 Å². The summed E-state index contributed by atoms with van der Waals surface area (Å²) < 4.78 is 0. The number of nitrogens with two attached hydrogens (primary N) is 1. The Morgan fingerprint density at radius 1 is 1.21 bits per heavy atom. The van der Waals surface area contributed by atoms with E-state index in [9.17, 15) is 0 Å². The number of para-hydroxylation sites is 1. The van der Waals surface area contributed by atoms with Gasteiger partial charge in [-0.05, 0) is 32.8 Å². The first-order valence-electron chi connectivity index (χ1n) is 10.1. The lowest BCUT2D eigenvalue weighted by molar-refractivity contribution is 0.278. The van der Waals surface area contributed by atoms with E-state index in [0.717, 1.165) is 67.3 Å². The third-order valence-corrected chi connectivity index (χ3v) is 5.46. The van der Waals surface area contributed by atoms with Gasteiger partial charge in [0.2, 0.25) is 0 Å². The zero-order valence-electron chi connectivity index (χ0n) is 16.7. The van der Waals surface area contributed by atoms with Crippen molar-refractivity contribution in [3.63, 3.8) is 0 Å². The van der Waals surface area contributed by atoms with Crippen LogP contribution in [0.2, 0.25) is 0 Å². The Kier molecular flexibility index (Phi) is 5.45. The lowest BCUT2D eigenvalue weighted by Gasteiger charge is -2.35. The average molecular weight is 377 g/mol. The van der Waals surface area contributed by atoms with Gasteiger partial charge in [-0.1, -0.05) is 24.1 Å². The second-order valence-corrected chi connectivity index (χ2v) is 7.69. The van der Waals surface area contributed by atoms with Crippen molar-refractivity contribution in [3.05, 3.63) is 35.8 Å². The second kappa shape index (κ2) is 8.15. The quantitative estimate of drug-likeness (QED) is 0.830. The van der Waals surface area contributed by atoms with Gasteiger partial charge in [0, 0.05) is 43.2 Å². The molecule has 3 heterocycles. The van der Waals surface area contributed by atoms with E-state index in [1.165, 1.54) is 0 Å². The molecule has 1 fully saturated rings. The van der Waals surface area contributed by atoms with Crippen molar-refractivity contribution in [2.24, 2.45) is 10.7 Å². The number of hydrogen-bond acceptors (Lipinski definition) is 6. The molecule has 2 atom stereocenters. The smallest absolute Gasteiger partial charge is 0.197 e. The van der Waals surface area contributed by atoms with E-state index in [0.29, 0.717) is 6.54 Å². The van der Waals surface area contributed by atoms with Crippen LogP contribution in [-0.2, 0) is 6.42 Å². The molecule has 1 saturated heterocycles. The second-order valence-electron chi connectivity index (χ2n) is 7.69. The van der Waals surface area contributed by atoms with Crippen molar-refractivity contribution in [2.75, 3.05) is 26.2 Å². The molecule has 1 aromatic carbocycles. The van der Waals surface area contributed by atoms with E-state index in [-0.39, 0.29) is 12.1 Å². The maximum Gasteiger partial charge on any atom is 0.197 e. The molecule has 0 amide bonds. The van der Waals surface area contributed by atoms with Gasteiger partial charge in [-0.2, -0.15) is 0 Å². The number of rotatable bonds is 3. The summed E-state index contributed by atoms with van der Waals surface area (Å²) in [6.45, 7) is 7.37. The Morgan fingerprint density at radius 3 is 2.89 bits per heavy atom. The van der Waals surface area contributed by atoms with Crippen LogP contribution in [0.3, 0.4) is 0 Å². The highest BCUT2D eigenvalue weighted by molar-refractivity contribution is 5.83. The molecule has 0 spiro atoms. The Balaban J connectivity index is 1.56. The minimum atomic E-state index is 0.146. The predicted octanol–water partition coefficient (Wildman–Crippen LogP) is 1.97. The Hall–Kier alpha value is -2.65. The number of aromatic nitrogens is 2. The van der Waals surface area contributed by atoms with E-state index < -0.39 is 0 Å². The molecule has 2 N–H and O–H groups in total. The van der Waals surface area contributed by atoms with Gasteiger partial charge in [0.15, 0.2) is 5.96 Å². The number of likely N-dealkylation sites (tertiary alicyclic amines) is 1. The lowest BCUT2D eigenvalue weighted by Crippen LogP contribution is -2.50. The zero-order valence-corrected chi connectivity index (χ0v) is 16.7. The largest absolute Gasteiger partial charge is 0.341 e. The molecular formula is C22H28N6. The van der Waals surface area contributed by atoms with Gasteiger partial charge in [-0.25, -0.2) is 15.0 Å². The monoisotopic (exact) mass is 376 g/mol. The Labute approximate surface area is 166 Å². The summed E-state index contributed by atoms with van der Waals surface area (Å²) in [5, 5.41) is 1.11. The molecule has 6 heteroatoms. The fraction of sp³-hybridized carbons (Fsp3) is 0.500. The van der Waals surface area contributed by atoms with E-state index in [2.05, 4.69) is 40.7 Å². The summed E-state index contributed by atoms with van der Waals surface area (Å²) in [4.78, 5) is 19.2. The molecule has 2 aliphatic heterocycles. The number of piperidine rings is 1. The van der Waals surface area contributed by atoms with E-state index in [1.807, 2.05) is 19.1 Å². The Bertz CT molecular complexity index is 941. The molecule has 0 saturated carbocycles. The minimum absolute atomic E-state index is 0.146. The van der Waals surface area contributed by atoms with Crippen LogP contribution < -0.4 is 5.73 Å². The van der Waals surface area contributed by atoms with Crippen LogP contribution in [0, 0.1) is 18.8 Å². The highest BCUT2D eigenvalue weighted by Gasteiger charge is 2.31. The van der Waals surface area contributed by atoms with Gasteiger partial charge >= 0.3 is 0 Å². The molecule has 28 heavy (non-hydrogen) atoms. The number of aryl methyl sites for hydroxylation is 1. The summed E-state index contributed by atoms with van der Waals surface area (Å²) in [5.41, 5.74) is 8.23. The van der Waals surface area contributed by atoms with Crippen LogP contribution in [0.15, 0.2) is 29.3 Å². The van der Waals surface area contributed by atoms with Crippen LogP contribution in [0.1, 0.15) is 31.3 Å². The SMILES string of the molecule is CC#CCN1CC(Cc2nc(C)c3ccccc3n2)N=C1N1CCC[C@@H](N)C1. The summed E-state index contributed by atoms with van der Waals surface area (Å²) in [5.74, 6) is 8.10. The number of guanidine groups is 1. The van der Waals surface area contributed by atoms with Gasteiger partial charge in [-0.3, -0.25) is 0 Å². The van der Waals surface area contributed by atoms with Crippen molar-refractivity contribution in [1.29, 1.82) is 0 Å². The number of benzene rings is 1. The molecule has 6 nitrogen and oxygen atoms in total. The fourth-order valence-corrected chi connectivity index (χ4v) is 4.11. The first-order valence-corrected chi connectivity index (χ1v) is 10.1. The van der Waals surface area contributed by atoms with Gasteiger partial charge in [0.25, 0.3) is 0 Å². The van der Waals surface area contributed by atoms with Gasteiger partial charge in [0.05, 0.1) is 18.1 Å². The van der Waals surface area contributed by atoms with Crippen molar-refractivity contribution in [1.82, 2.24) is 19.8 Å². The molecular weight excluding hydrogens is 348 g/mol. The van der Waals surface area contributed by atoms with Gasteiger partial charge < -0.3 is 15.5 Å². The number of aliphatic imine (C=N–C) groups is 1. The molecule has 4 rings (SSSR count). The van der Waals surface area contributed by atoms with Gasteiger partial charge in [-0.15, -0.1) is 5.92 Å². The van der Waals surface area contributed by atoms with Crippen molar-refractivity contribution < 1.29 is 0 Å². The van der Waals surface area contributed by atoms with Crippen LogP contribution in [0.25, 0.3) is 10.9 Å². The number of hydrogen-bond donors (Lipinski definition) is 1. The van der Waals surface area contributed by atoms with E-state index in [4.69, 9.17) is 20.7 Å². The third kappa shape index (κ3) is 3.95. The van der Waals surface area contributed by atoms with Crippen LogP contribution in [-0.4, -0.2) is 64.0 Å². The zero-order chi connectivity index (χ0) is 19.5. The predicted molar refractivity (Wildman–Crippen MR) is 113 cm³/mol.